The van der Waals surface area contributed by atoms with E-state index < -0.39 is 0 Å². The highest BCUT2D eigenvalue weighted by atomic mass is 16.3. The molecule has 1 fully saturated rings. The first-order valence-electron chi connectivity index (χ1n) is 6.58. The molecule has 1 rings (SSSR count). The monoisotopic (exact) mass is 228 g/mol. The molecule has 3 nitrogen and oxygen atoms in total. The van der Waals surface area contributed by atoms with Gasteiger partial charge in [-0.1, -0.05) is 6.92 Å². The lowest BCUT2D eigenvalue weighted by molar-refractivity contribution is 0.105. The van der Waals surface area contributed by atoms with Crippen molar-refractivity contribution in [3.63, 3.8) is 0 Å². The summed E-state index contributed by atoms with van der Waals surface area (Å²) in [6, 6.07) is 0. The highest BCUT2D eigenvalue weighted by Gasteiger charge is 2.32. The minimum atomic E-state index is 0.0266. The SMILES string of the molecule is CC1CCC(CO)(NCCCN(C)C)CC1. The summed E-state index contributed by atoms with van der Waals surface area (Å²) in [7, 11) is 4.20. The van der Waals surface area contributed by atoms with E-state index in [4.69, 9.17) is 0 Å². The number of aliphatic hydroxyl groups is 1. The molecule has 16 heavy (non-hydrogen) atoms. The lowest BCUT2D eigenvalue weighted by Gasteiger charge is -2.39. The lowest BCUT2D eigenvalue weighted by atomic mass is 9.77. The summed E-state index contributed by atoms with van der Waals surface area (Å²) < 4.78 is 0. The first-order valence-corrected chi connectivity index (χ1v) is 6.58. The first-order chi connectivity index (χ1) is 7.58. The fourth-order valence-corrected chi connectivity index (χ4v) is 2.45. The molecule has 0 aromatic heterocycles. The van der Waals surface area contributed by atoms with Crippen LogP contribution >= 0.6 is 0 Å². The Morgan fingerprint density at radius 2 is 1.94 bits per heavy atom. The molecule has 0 heterocycles. The van der Waals surface area contributed by atoms with Crippen molar-refractivity contribution in [1.82, 2.24) is 10.2 Å². The molecule has 0 aromatic carbocycles. The van der Waals surface area contributed by atoms with Crippen LogP contribution in [-0.4, -0.2) is 49.3 Å². The zero-order valence-electron chi connectivity index (χ0n) is 11.1. The van der Waals surface area contributed by atoms with Gasteiger partial charge in [-0.2, -0.15) is 0 Å². The third kappa shape index (κ3) is 4.40. The zero-order chi connectivity index (χ0) is 12.0. The van der Waals surface area contributed by atoms with Crippen molar-refractivity contribution in [3.05, 3.63) is 0 Å². The number of hydrogen-bond acceptors (Lipinski definition) is 3. The zero-order valence-corrected chi connectivity index (χ0v) is 11.1. The molecule has 2 N–H and O–H groups in total. The van der Waals surface area contributed by atoms with Crippen molar-refractivity contribution in [2.24, 2.45) is 5.92 Å². The van der Waals surface area contributed by atoms with Crippen molar-refractivity contribution in [1.29, 1.82) is 0 Å². The van der Waals surface area contributed by atoms with Gasteiger partial charge in [-0.3, -0.25) is 0 Å². The molecule has 3 heteroatoms. The second-order valence-electron chi connectivity index (χ2n) is 5.70. The van der Waals surface area contributed by atoms with E-state index in [0.29, 0.717) is 6.61 Å². The number of aliphatic hydroxyl groups excluding tert-OH is 1. The van der Waals surface area contributed by atoms with E-state index in [0.717, 1.165) is 38.3 Å². The Hall–Kier alpha value is -0.120. The van der Waals surface area contributed by atoms with Gasteiger partial charge in [0.1, 0.15) is 0 Å². The molecule has 0 amide bonds. The standard InChI is InChI=1S/C13H28N2O/c1-12-5-7-13(11-16,8-6-12)14-9-4-10-15(2)3/h12,14,16H,4-11H2,1-3H3. The van der Waals surface area contributed by atoms with Crippen molar-refractivity contribution in [3.8, 4) is 0 Å². The maximum atomic E-state index is 9.56. The Labute approximate surface area is 100 Å². The molecule has 0 aliphatic heterocycles. The Kier molecular flexibility index (Phi) is 5.73. The summed E-state index contributed by atoms with van der Waals surface area (Å²) in [6.07, 6.45) is 5.92. The second-order valence-corrected chi connectivity index (χ2v) is 5.70. The minimum Gasteiger partial charge on any atom is -0.394 e. The third-order valence-electron chi connectivity index (χ3n) is 3.82. The molecule has 0 saturated heterocycles. The maximum absolute atomic E-state index is 9.56. The summed E-state index contributed by atoms with van der Waals surface area (Å²) in [5.74, 6) is 0.836. The molecule has 0 aromatic rings. The van der Waals surface area contributed by atoms with Crippen molar-refractivity contribution in [2.45, 2.75) is 44.6 Å². The van der Waals surface area contributed by atoms with Crippen LogP contribution in [0.5, 0.6) is 0 Å². The fourth-order valence-electron chi connectivity index (χ4n) is 2.45. The van der Waals surface area contributed by atoms with Gasteiger partial charge in [0, 0.05) is 5.54 Å². The van der Waals surface area contributed by atoms with Crippen molar-refractivity contribution >= 4 is 0 Å². The van der Waals surface area contributed by atoms with E-state index in [1.165, 1.54) is 12.8 Å². The normalized spacial score (nSPS) is 30.9. The number of nitrogens with zero attached hydrogens (tertiary/aromatic N) is 1. The fraction of sp³-hybridized carbons (Fsp3) is 1.00. The predicted octanol–water partition coefficient (Wildman–Crippen LogP) is 1.47. The molecule has 0 atom stereocenters. The predicted molar refractivity (Wildman–Crippen MR) is 68.6 cm³/mol. The molecule has 0 bridgehead atoms. The molecule has 96 valence electrons. The highest BCUT2D eigenvalue weighted by Crippen LogP contribution is 2.31. The summed E-state index contributed by atoms with van der Waals surface area (Å²) in [6.45, 7) is 4.74. The van der Waals surface area contributed by atoms with Crippen molar-refractivity contribution in [2.75, 3.05) is 33.8 Å². The Morgan fingerprint density at radius 3 is 2.44 bits per heavy atom. The molecular formula is C13H28N2O. The summed E-state index contributed by atoms with van der Waals surface area (Å²) in [4.78, 5) is 2.20. The van der Waals surface area contributed by atoms with E-state index in [9.17, 15) is 5.11 Å². The number of rotatable bonds is 6. The van der Waals surface area contributed by atoms with E-state index in [1.54, 1.807) is 0 Å². The topological polar surface area (TPSA) is 35.5 Å². The molecule has 0 spiro atoms. The van der Waals surface area contributed by atoms with Gasteiger partial charge < -0.3 is 15.3 Å². The van der Waals surface area contributed by atoms with Crippen LogP contribution in [0, 0.1) is 5.92 Å². The summed E-state index contributed by atoms with van der Waals surface area (Å²) >= 11 is 0. The molecule has 1 saturated carbocycles. The highest BCUT2D eigenvalue weighted by molar-refractivity contribution is 4.91. The molecule has 0 unspecified atom stereocenters. The van der Waals surface area contributed by atoms with Crippen LogP contribution in [0.15, 0.2) is 0 Å². The van der Waals surface area contributed by atoms with E-state index >= 15 is 0 Å². The molecule has 1 aliphatic rings. The van der Waals surface area contributed by atoms with E-state index in [1.807, 2.05) is 0 Å². The van der Waals surface area contributed by atoms with Crippen LogP contribution in [0.3, 0.4) is 0 Å². The number of nitrogens with one attached hydrogen (secondary N) is 1. The van der Waals surface area contributed by atoms with Gasteiger partial charge in [-0.15, -0.1) is 0 Å². The minimum absolute atomic E-state index is 0.0266. The smallest absolute Gasteiger partial charge is 0.0613 e. The van der Waals surface area contributed by atoms with Crippen LogP contribution in [0.4, 0.5) is 0 Å². The molecule has 1 aliphatic carbocycles. The van der Waals surface area contributed by atoms with Crippen LogP contribution in [0.2, 0.25) is 0 Å². The van der Waals surface area contributed by atoms with Gasteiger partial charge in [0.25, 0.3) is 0 Å². The quantitative estimate of drug-likeness (QED) is 0.676. The van der Waals surface area contributed by atoms with Crippen LogP contribution in [0.25, 0.3) is 0 Å². The number of hydrogen-bond donors (Lipinski definition) is 2. The maximum Gasteiger partial charge on any atom is 0.0613 e. The average molecular weight is 228 g/mol. The Balaban J connectivity index is 2.25. The van der Waals surface area contributed by atoms with Crippen LogP contribution in [-0.2, 0) is 0 Å². The molecule has 0 radical (unpaired) electrons. The Morgan fingerprint density at radius 1 is 1.31 bits per heavy atom. The third-order valence-corrected chi connectivity index (χ3v) is 3.82. The van der Waals surface area contributed by atoms with Crippen molar-refractivity contribution < 1.29 is 5.11 Å². The summed E-state index contributed by atoms with van der Waals surface area (Å²) in [5.41, 5.74) is 0.0266. The summed E-state index contributed by atoms with van der Waals surface area (Å²) in [5, 5.41) is 13.1. The second kappa shape index (κ2) is 6.58. The van der Waals surface area contributed by atoms with Gasteiger partial charge in [-0.25, -0.2) is 0 Å². The largest absolute Gasteiger partial charge is 0.394 e. The van der Waals surface area contributed by atoms with Gasteiger partial charge >= 0.3 is 0 Å². The average Bonchev–Trinajstić information content (AvgIpc) is 2.27. The van der Waals surface area contributed by atoms with Gasteiger partial charge in [0.15, 0.2) is 0 Å². The van der Waals surface area contributed by atoms with E-state index in [2.05, 4.69) is 31.2 Å². The van der Waals surface area contributed by atoms with Gasteiger partial charge in [0.05, 0.1) is 6.61 Å². The van der Waals surface area contributed by atoms with Crippen LogP contribution < -0.4 is 5.32 Å². The molecular weight excluding hydrogens is 200 g/mol. The lowest BCUT2D eigenvalue weighted by Crippen LogP contribution is -2.51. The van der Waals surface area contributed by atoms with Gasteiger partial charge in [0.2, 0.25) is 0 Å². The van der Waals surface area contributed by atoms with Crippen LogP contribution in [0.1, 0.15) is 39.0 Å². The first kappa shape index (κ1) is 13.9. The Bertz CT molecular complexity index is 186. The van der Waals surface area contributed by atoms with Gasteiger partial charge in [-0.05, 0) is 65.2 Å². The van der Waals surface area contributed by atoms with E-state index in [-0.39, 0.29) is 5.54 Å².